The average Bonchev–Trinajstić information content (AvgIpc) is 2.72. The van der Waals surface area contributed by atoms with Crippen molar-refractivity contribution in [3.63, 3.8) is 0 Å². The number of carbonyl (C=O) groups excluding carboxylic acids is 1. The topological polar surface area (TPSA) is 63.2 Å². The lowest BCUT2D eigenvalue weighted by molar-refractivity contribution is 0.0973. The Bertz CT molecular complexity index is 1010. The maximum Gasteiger partial charge on any atom is 0.240 e. The third-order valence-electron chi connectivity index (χ3n) is 4.65. The van der Waals surface area contributed by atoms with Gasteiger partial charge in [-0.05, 0) is 24.6 Å². The lowest BCUT2D eigenvalue weighted by atomic mass is 9.92. The van der Waals surface area contributed by atoms with Crippen LogP contribution < -0.4 is 4.72 Å². The second-order valence-electron chi connectivity index (χ2n) is 6.77. The summed E-state index contributed by atoms with van der Waals surface area (Å²) >= 11 is 0. The molecule has 0 fully saturated rings. The first kappa shape index (κ1) is 20.0. The molecule has 1 unspecified atom stereocenters. The van der Waals surface area contributed by atoms with Gasteiger partial charge < -0.3 is 0 Å². The zero-order valence-electron chi connectivity index (χ0n) is 15.7. The van der Waals surface area contributed by atoms with Gasteiger partial charge >= 0.3 is 0 Å². The van der Waals surface area contributed by atoms with Gasteiger partial charge in [0.15, 0.2) is 5.78 Å². The number of hydrogen-bond donors (Lipinski definition) is 1. The zero-order valence-corrected chi connectivity index (χ0v) is 16.5. The number of ketones is 1. The van der Waals surface area contributed by atoms with E-state index < -0.39 is 10.0 Å². The summed E-state index contributed by atoms with van der Waals surface area (Å²) in [6.45, 7) is 2.06. The fraction of sp³-hybridized carbons (Fsp3) is 0.174. The molecule has 0 bridgehead atoms. The molecule has 0 aliphatic heterocycles. The number of aryl methyl sites for hydroxylation is 1. The van der Waals surface area contributed by atoms with E-state index >= 15 is 0 Å². The largest absolute Gasteiger partial charge is 0.294 e. The van der Waals surface area contributed by atoms with Crippen molar-refractivity contribution in [3.8, 4) is 0 Å². The summed E-state index contributed by atoms with van der Waals surface area (Å²) in [4.78, 5) is 12.9. The van der Waals surface area contributed by atoms with Crippen LogP contribution in [0, 0.1) is 6.92 Å². The Balaban J connectivity index is 1.78. The van der Waals surface area contributed by atoms with Crippen LogP contribution in [0.1, 0.15) is 33.8 Å². The summed E-state index contributed by atoms with van der Waals surface area (Å²) in [6, 6.07) is 25.3. The van der Waals surface area contributed by atoms with Crippen LogP contribution >= 0.6 is 0 Å². The van der Waals surface area contributed by atoms with Gasteiger partial charge in [0.1, 0.15) is 0 Å². The number of benzene rings is 3. The SMILES string of the molecule is Cc1ccc(S(=O)(=O)NCC(CC(=O)c2ccccc2)c2ccccc2)cc1. The molecular formula is C23H23NO3S. The highest BCUT2D eigenvalue weighted by Crippen LogP contribution is 2.22. The van der Waals surface area contributed by atoms with Crippen molar-refractivity contribution >= 4 is 15.8 Å². The van der Waals surface area contributed by atoms with Gasteiger partial charge in [0.25, 0.3) is 0 Å². The molecule has 0 heterocycles. The molecule has 0 radical (unpaired) electrons. The molecule has 5 heteroatoms. The van der Waals surface area contributed by atoms with E-state index in [-0.39, 0.29) is 29.6 Å². The molecule has 3 aromatic rings. The molecule has 0 aromatic heterocycles. The standard InChI is InChI=1S/C23H23NO3S/c1-18-12-14-22(15-13-18)28(26,27)24-17-21(19-8-4-2-5-9-19)16-23(25)20-10-6-3-7-11-20/h2-15,21,24H,16-17H2,1H3. The summed E-state index contributed by atoms with van der Waals surface area (Å²) in [5.41, 5.74) is 2.55. The van der Waals surface area contributed by atoms with Gasteiger partial charge in [-0.1, -0.05) is 78.4 Å². The van der Waals surface area contributed by atoms with E-state index in [4.69, 9.17) is 0 Å². The predicted octanol–water partition coefficient (Wildman–Crippen LogP) is 4.33. The maximum absolute atomic E-state index is 12.7. The third kappa shape index (κ3) is 5.15. The van der Waals surface area contributed by atoms with Gasteiger partial charge in [-0.3, -0.25) is 4.79 Å². The highest BCUT2D eigenvalue weighted by Gasteiger charge is 2.21. The van der Waals surface area contributed by atoms with Crippen LogP contribution in [0.15, 0.2) is 89.8 Å². The van der Waals surface area contributed by atoms with E-state index in [2.05, 4.69) is 4.72 Å². The van der Waals surface area contributed by atoms with Crippen LogP contribution in [-0.4, -0.2) is 20.7 Å². The van der Waals surface area contributed by atoms with Crippen LogP contribution in [-0.2, 0) is 10.0 Å². The molecule has 3 aromatic carbocycles. The van der Waals surface area contributed by atoms with Gasteiger partial charge in [0, 0.05) is 24.4 Å². The van der Waals surface area contributed by atoms with Crippen LogP contribution in [0.4, 0.5) is 0 Å². The Labute approximate surface area is 166 Å². The van der Waals surface area contributed by atoms with Gasteiger partial charge in [0.05, 0.1) is 4.90 Å². The molecule has 0 aliphatic carbocycles. The van der Waals surface area contributed by atoms with Crippen LogP contribution in [0.2, 0.25) is 0 Å². The number of sulfonamides is 1. The van der Waals surface area contributed by atoms with Gasteiger partial charge in [-0.15, -0.1) is 0 Å². The Morgan fingerprint density at radius 2 is 1.43 bits per heavy atom. The Morgan fingerprint density at radius 1 is 0.857 bits per heavy atom. The average molecular weight is 394 g/mol. The minimum absolute atomic E-state index is 0.0102. The van der Waals surface area contributed by atoms with Crippen LogP contribution in [0.5, 0.6) is 0 Å². The van der Waals surface area contributed by atoms with Gasteiger partial charge in [-0.2, -0.15) is 0 Å². The van der Waals surface area contributed by atoms with E-state index in [1.165, 1.54) is 0 Å². The Morgan fingerprint density at radius 3 is 2.04 bits per heavy atom. The lowest BCUT2D eigenvalue weighted by Gasteiger charge is -2.18. The van der Waals surface area contributed by atoms with E-state index in [9.17, 15) is 13.2 Å². The molecule has 1 atom stereocenters. The van der Waals surface area contributed by atoms with Crippen LogP contribution in [0.25, 0.3) is 0 Å². The first-order valence-corrected chi connectivity index (χ1v) is 10.6. The number of hydrogen-bond acceptors (Lipinski definition) is 3. The molecule has 0 spiro atoms. The van der Waals surface area contributed by atoms with Crippen LogP contribution in [0.3, 0.4) is 0 Å². The van der Waals surface area contributed by atoms with Crippen molar-refractivity contribution in [1.82, 2.24) is 4.72 Å². The minimum atomic E-state index is -3.64. The zero-order chi connectivity index (χ0) is 20.0. The summed E-state index contributed by atoms with van der Waals surface area (Å²) in [5.74, 6) is -0.266. The van der Waals surface area contributed by atoms with E-state index in [0.29, 0.717) is 5.56 Å². The normalized spacial score (nSPS) is 12.5. The Hall–Kier alpha value is -2.76. The molecular weight excluding hydrogens is 370 g/mol. The van der Waals surface area contributed by atoms with Crippen molar-refractivity contribution in [2.45, 2.75) is 24.2 Å². The number of rotatable bonds is 8. The number of carbonyl (C=O) groups is 1. The second kappa shape index (κ2) is 8.95. The van der Waals surface area contributed by atoms with Gasteiger partial charge in [-0.25, -0.2) is 13.1 Å². The monoisotopic (exact) mass is 393 g/mol. The lowest BCUT2D eigenvalue weighted by Crippen LogP contribution is -2.29. The number of nitrogens with one attached hydrogen (secondary N) is 1. The molecule has 28 heavy (non-hydrogen) atoms. The summed E-state index contributed by atoms with van der Waals surface area (Å²) < 4.78 is 27.9. The van der Waals surface area contributed by atoms with Gasteiger partial charge in [0.2, 0.25) is 10.0 Å². The molecule has 3 rings (SSSR count). The molecule has 144 valence electrons. The summed E-state index contributed by atoms with van der Waals surface area (Å²) in [6.07, 6.45) is 0.227. The minimum Gasteiger partial charge on any atom is -0.294 e. The van der Waals surface area contributed by atoms with E-state index in [0.717, 1.165) is 11.1 Å². The molecule has 0 saturated carbocycles. The third-order valence-corrected chi connectivity index (χ3v) is 6.09. The number of Topliss-reactive ketones (excluding diaryl/α,β-unsaturated/α-hetero) is 1. The highest BCUT2D eigenvalue weighted by molar-refractivity contribution is 7.89. The highest BCUT2D eigenvalue weighted by atomic mass is 32.2. The fourth-order valence-corrected chi connectivity index (χ4v) is 4.09. The molecule has 4 nitrogen and oxygen atoms in total. The first-order chi connectivity index (χ1) is 13.5. The van der Waals surface area contributed by atoms with Crippen molar-refractivity contribution in [2.75, 3.05) is 6.54 Å². The molecule has 0 amide bonds. The van der Waals surface area contributed by atoms with Crippen molar-refractivity contribution < 1.29 is 13.2 Å². The first-order valence-electron chi connectivity index (χ1n) is 9.15. The maximum atomic E-state index is 12.7. The van der Waals surface area contributed by atoms with Crippen molar-refractivity contribution in [3.05, 3.63) is 102 Å². The predicted molar refractivity (Wildman–Crippen MR) is 111 cm³/mol. The smallest absolute Gasteiger partial charge is 0.240 e. The molecule has 0 aliphatic rings. The van der Waals surface area contributed by atoms with E-state index in [1.807, 2.05) is 55.5 Å². The Kier molecular flexibility index (Phi) is 6.39. The van der Waals surface area contributed by atoms with Crippen molar-refractivity contribution in [2.24, 2.45) is 0 Å². The van der Waals surface area contributed by atoms with Crippen molar-refractivity contribution in [1.29, 1.82) is 0 Å². The molecule has 0 saturated heterocycles. The summed E-state index contributed by atoms with van der Waals surface area (Å²) in [5, 5.41) is 0. The molecule has 1 N–H and O–H groups in total. The fourth-order valence-electron chi connectivity index (χ4n) is 3.01. The summed E-state index contributed by atoms with van der Waals surface area (Å²) in [7, 11) is -3.64. The second-order valence-corrected chi connectivity index (χ2v) is 8.53. The quantitative estimate of drug-likeness (QED) is 0.580. The van der Waals surface area contributed by atoms with E-state index in [1.54, 1.807) is 36.4 Å².